The fourth-order valence-corrected chi connectivity index (χ4v) is 5.26. The minimum atomic E-state index is -0.173. The molecule has 3 heterocycles. The molecule has 0 spiro atoms. The molecule has 5 rings (SSSR count). The Hall–Kier alpha value is -3.01. The summed E-state index contributed by atoms with van der Waals surface area (Å²) in [5.41, 5.74) is 2.39. The van der Waals surface area contributed by atoms with Crippen LogP contribution in [0, 0.1) is 0 Å². The van der Waals surface area contributed by atoms with Crippen molar-refractivity contribution < 1.29 is 9.59 Å². The van der Waals surface area contributed by atoms with Crippen molar-refractivity contribution >= 4 is 43.0 Å². The molecule has 4 aromatic rings. The van der Waals surface area contributed by atoms with Crippen molar-refractivity contribution in [2.75, 3.05) is 0 Å². The predicted molar refractivity (Wildman–Crippen MR) is 101 cm³/mol. The summed E-state index contributed by atoms with van der Waals surface area (Å²) in [5, 5.41) is 1.09. The Balaban J connectivity index is 1.55. The Labute approximate surface area is 155 Å². The molecule has 26 heavy (non-hydrogen) atoms. The first kappa shape index (κ1) is 15.3. The number of pyridine rings is 1. The normalized spacial score (nSPS) is 13.5. The van der Waals surface area contributed by atoms with Crippen LogP contribution < -0.4 is 0 Å². The Bertz CT molecular complexity index is 1190. The van der Waals surface area contributed by atoms with Gasteiger partial charge in [-0.2, -0.15) is 0 Å². The van der Waals surface area contributed by atoms with Crippen LogP contribution in [0.15, 0.2) is 72.7 Å². The molecule has 0 aliphatic heterocycles. The van der Waals surface area contributed by atoms with Gasteiger partial charge in [-0.15, -0.1) is 0 Å². The fourth-order valence-electron chi connectivity index (χ4n) is 3.27. The van der Waals surface area contributed by atoms with Gasteiger partial charge >= 0.3 is 155 Å². The van der Waals surface area contributed by atoms with Gasteiger partial charge in [-0.1, -0.05) is 0 Å². The average molecular weight is 403 g/mol. The molecule has 1 aliphatic carbocycles. The van der Waals surface area contributed by atoms with Crippen molar-refractivity contribution in [2.45, 2.75) is 0 Å². The molecule has 1 aliphatic rings. The molecule has 3 aromatic heterocycles. The second-order valence-electron chi connectivity index (χ2n) is 6.06. The van der Waals surface area contributed by atoms with E-state index in [1.165, 1.54) is 4.56 Å². The standard InChI is InChI=1S/C21H12N2O2Se/c24-20-15-3-1-2-4-16(15)21(25)17(20)11-14-5-6-19(26-14)23-10-8-13-12-22-9-7-18(13)23/h1-12H. The molecule has 0 fully saturated rings. The van der Waals surface area contributed by atoms with Crippen LogP contribution >= 0.6 is 0 Å². The third kappa shape index (κ3) is 2.25. The Morgan fingerprint density at radius 1 is 0.923 bits per heavy atom. The van der Waals surface area contributed by atoms with Crippen LogP contribution in [-0.4, -0.2) is 35.6 Å². The maximum atomic E-state index is 12.5. The number of rotatable bonds is 2. The second-order valence-corrected chi connectivity index (χ2v) is 8.35. The summed E-state index contributed by atoms with van der Waals surface area (Å²) < 4.78 is 4.33. The third-order valence-corrected chi connectivity index (χ3v) is 6.70. The summed E-state index contributed by atoms with van der Waals surface area (Å²) >= 11 is 0.0254. The predicted octanol–water partition coefficient (Wildman–Crippen LogP) is 3.55. The Morgan fingerprint density at radius 2 is 1.69 bits per heavy atom. The van der Waals surface area contributed by atoms with Crippen molar-refractivity contribution in [1.29, 1.82) is 0 Å². The van der Waals surface area contributed by atoms with Gasteiger partial charge in [0.25, 0.3) is 0 Å². The fraction of sp³-hybridized carbons (Fsp3) is 0. The molecular weight excluding hydrogens is 391 g/mol. The first-order chi connectivity index (χ1) is 12.7. The Kier molecular flexibility index (Phi) is 3.38. The van der Waals surface area contributed by atoms with E-state index in [0.29, 0.717) is 11.1 Å². The van der Waals surface area contributed by atoms with Gasteiger partial charge in [0.1, 0.15) is 0 Å². The van der Waals surface area contributed by atoms with Crippen LogP contribution in [0.1, 0.15) is 25.2 Å². The SMILES string of the molecule is O=C1C(=Cc2ccc(-n3ccc4cnccc43)[se]2)C(=O)c2ccccc21. The summed E-state index contributed by atoms with van der Waals surface area (Å²) in [5.74, 6) is -0.346. The number of nitrogens with zero attached hydrogens (tertiary/aromatic N) is 2. The zero-order valence-corrected chi connectivity index (χ0v) is 15.3. The number of carbonyl (C=O) groups is 2. The van der Waals surface area contributed by atoms with Gasteiger partial charge in [-0.25, -0.2) is 0 Å². The number of carbonyl (C=O) groups excluding carboxylic acids is 2. The van der Waals surface area contributed by atoms with Gasteiger partial charge in [0, 0.05) is 0 Å². The van der Waals surface area contributed by atoms with E-state index in [2.05, 4.69) is 15.6 Å². The quantitative estimate of drug-likeness (QED) is 0.292. The van der Waals surface area contributed by atoms with Gasteiger partial charge in [0.2, 0.25) is 0 Å². The van der Waals surface area contributed by atoms with E-state index in [9.17, 15) is 9.59 Å². The first-order valence-corrected chi connectivity index (χ1v) is 9.85. The number of hydrogen-bond acceptors (Lipinski definition) is 3. The number of allylic oxidation sites excluding steroid dienone is 1. The van der Waals surface area contributed by atoms with Crippen LogP contribution in [0.5, 0.6) is 0 Å². The van der Waals surface area contributed by atoms with Gasteiger partial charge in [0.05, 0.1) is 0 Å². The molecule has 0 bridgehead atoms. The molecule has 0 unspecified atom stereocenters. The summed E-state index contributed by atoms with van der Waals surface area (Å²) in [6.45, 7) is 0. The second kappa shape index (κ2) is 5.77. The molecule has 1 aromatic carbocycles. The molecule has 0 radical (unpaired) electrons. The van der Waals surface area contributed by atoms with Gasteiger partial charge in [-0.05, 0) is 0 Å². The average Bonchev–Trinajstić information content (AvgIpc) is 3.36. The van der Waals surface area contributed by atoms with E-state index in [1.54, 1.807) is 36.5 Å². The van der Waals surface area contributed by atoms with E-state index in [0.717, 1.165) is 15.3 Å². The molecular formula is C21H12N2O2Se. The molecule has 0 N–H and O–H groups in total. The number of hydrogen-bond donors (Lipinski definition) is 0. The first-order valence-electron chi connectivity index (χ1n) is 8.14. The van der Waals surface area contributed by atoms with Crippen LogP contribution in [0.2, 0.25) is 0 Å². The zero-order valence-electron chi connectivity index (χ0n) is 13.5. The van der Waals surface area contributed by atoms with Gasteiger partial charge in [-0.3, -0.25) is 0 Å². The summed E-state index contributed by atoms with van der Waals surface area (Å²) in [4.78, 5) is 29.2. The van der Waals surface area contributed by atoms with E-state index in [4.69, 9.17) is 0 Å². The third-order valence-electron chi connectivity index (χ3n) is 4.53. The number of ketones is 2. The summed E-state index contributed by atoms with van der Waals surface area (Å²) in [6, 6.07) is 15.1. The number of aromatic nitrogens is 2. The van der Waals surface area contributed by atoms with Crippen LogP contribution in [0.4, 0.5) is 0 Å². The van der Waals surface area contributed by atoms with E-state index >= 15 is 0 Å². The molecule has 0 saturated carbocycles. The van der Waals surface area contributed by atoms with Crippen molar-refractivity contribution in [3.05, 3.63) is 88.3 Å². The molecule has 0 saturated heterocycles. The molecule has 5 heteroatoms. The van der Waals surface area contributed by atoms with Gasteiger partial charge < -0.3 is 0 Å². The Morgan fingerprint density at radius 3 is 2.46 bits per heavy atom. The van der Waals surface area contributed by atoms with E-state index in [-0.39, 0.29) is 31.6 Å². The van der Waals surface area contributed by atoms with Crippen molar-refractivity contribution in [2.24, 2.45) is 0 Å². The monoisotopic (exact) mass is 404 g/mol. The molecule has 0 amide bonds. The minimum absolute atomic E-state index is 0.0254. The molecule has 0 atom stereocenters. The molecule has 124 valence electrons. The van der Waals surface area contributed by atoms with Crippen molar-refractivity contribution in [3.63, 3.8) is 0 Å². The van der Waals surface area contributed by atoms with Crippen LogP contribution in [0.25, 0.3) is 21.5 Å². The van der Waals surface area contributed by atoms with Crippen LogP contribution in [-0.2, 0) is 0 Å². The maximum absolute atomic E-state index is 12.5. The number of Topliss-reactive ketones (excluding diaryl/α,β-unsaturated/α-hetero) is 2. The summed E-state index contributed by atoms with van der Waals surface area (Å²) in [7, 11) is 0. The van der Waals surface area contributed by atoms with Crippen LogP contribution in [0.3, 0.4) is 0 Å². The van der Waals surface area contributed by atoms with E-state index < -0.39 is 0 Å². The van der Waals surface area contributed by atoms with Gasteiger partial charge in [0.15, 0.2) is 0 Å². The number of benzene rings is 1. The zero-order chi connectivity index (χ0) is 17.7. The summed E-state index contributed by atoms with van der Waals surface area (Å²) in [6.07, 6.45) is 7.43. The van der Waals surface area contributed by atoms with Crippen molar-refractivity contribution in [3.8, 4) is 4.56 Å². The van der Waals surface area contributed by atoms with Crippen molar-refractivity contribution in [1.82, 2.24) is 9.55 Å². The molecule has 4 nitrogen and oxygen atoms in total. The van der Waals surface area contributed by atoms with E-state index in [1.807, 2.05) is 30.6 Å². The number of fused-ring (bicyclic) bond motifs is 2. The topological polar surface area (TPSA) is 52.0 Å².